The normalized spacial score (nSPS) is 12.5. The van der Waals surface area contributed by atoms with Crippen LogP contribution in [0.25, 0.3) is 0 Å². The Morgan fingerprint density at radius 3 is 2.62 bits per heavy atom. The number of aliphatic hydroxyl groups is 1. The lowest BCUT2D eigenvalue weighted by Crippen LogP contribution is -2.43. The number of nitrogens with two attached hydrogens (primary N) is 1. The van der Waals surface area contributed by atoms with Crippen LogP contribution in [0.4, 0.5) is 5.82 Å². The minimum absolute atomic E-state index is 0.0278. The standard InChI is InChI=1S/C22H37ClN6O4Si/c1-6-18(12-24)29(15-31-9-10-34(3,4)5)20-16(2)21(27-22(23)26-20)33-14-17-11-19(28-25-13-17)32-8-7-30/h11,13,18,30H,6-10,12,14-15,24H2,1-5H3. The molecule has 2 aromatic rings. The molecule has 12 heteroatoms. The van der Waals surface area contributed by atoms with Gasteiger partial charge >= 0.3 is 0 Å². The van der Waals surface area contributed by atoms with Crippen molar-refractivity contribution in [2.45, 2.75) is 58.6 Å². The van der Waals surface area contributed by atoms with E-state index in [9.17, 15) is 0 Å². The fourth-order valence-electron chi connectivity index (χ4n) is 3.11. The van der Waals surface area contributed by atoms with E-state index in [4.69, 9.17) is 36.7 Å². The number of aliphatic hydroxyl groups excluding tert-OH is 1. The monoisotopic (exact) mass is 512 g/mol. The minimum atomic E-state index is -1.20. The van der Waals surface area contributed by atoms with Gasteiger partial charge in [0.15, 0.2) is 0 Å². The summed E-state index contributed by atoms with van der Waals surface area (Å²) >= 11 is 6.28. The number of rotatable bonds is 15. The maximum atomic E-state index is 8.91. The predicted molar refractivity (Wildman–Crippen MR) is 135 cm³/mol. The number of anilines is 1. The van der Waals surface area contributed by atoms with E-state index >= 15 is 0 Å². The quantitative estimate of drug-likeness (QED) is 0.159. The number of aromatic nitrogens is 4. The van der Waals surface area contributed by atoms with Crippen LogP contribution in [-0.2, 0) is 11.3 Å². The molecule has 0 bridgehead atoms. The highest BCUT2D eigenvalue weighted by Crippen LogP contribution is 2.29. The van der Waals surface area contributed by atoms with E-state index < -0.39 is 8.07 Å². The van der Waals surface area contributed by atoms with Crippen LogP contribution in [0.2, 0.25) is 31.0 Å². The van der Waals surface area contributed by atoms with Crippen molar-refractivity contribution in [3.8, 4) is 11.8 Å². The second kappa shape index (κ2) is 13.7. The molecule has 2 heterocycles. The molecule has 0 amide bonds. The Hall–Kier alpha value is -2.05. The molecule has 2 aromatic heterocycles. The van der Waals surface area contributed by atoms with Crippen LogP contribution in [-0.4, -0.2) is 72.5 Å². The topological polar surface area (TPSA) is 129 Å². The maximum Gasteiger partial charge on any atom is 0.233 e. The summed E-state index contributed by atoms with van der Waals surface area (Å²) in [4.78, 5) is 10.8. The van der Waals surface area contributed by atoms with Gasteiger partial charge in [0, 0.05) is 38.9 Å². The van der Waals surface area contributed by atoms with Gasteiger partial charge in [-0.3, -0.25) is 0 Å². The van der Waals surface area contributed by atoms with Crippen LogP contribution < -0.4 is 20.1 Å². The van der Waals surface area contributed by atoms with Crippen molar-refractivity contribution in [3.63, 3.8) is 0 Å². The molecule has 0 aromatic carbocycles. The van der Waals surface area contributed by atoms with Gasteiger partial charge in [-0.25, -0.2) is 4.98 Å². The number of hydrogen-bond donors (Lipinski definition) is 2. The van der Waals surface area contributed by atoms with Crippen LogP contribution in [0, 0.1) is 6.92 Å². The highest BCUT2D eigenvalue weighted by Gasteiger charge is 2.23. The molecule has 0 spiro atoms. The van der Waals surface area contributed by atoms with E-state index in [1.807, 2.05) is 11.8 Å². The van der Waals surface area contributed by atoms with E-state index in [0.29, 0.717) is 37.5 Å². The molecule has 0 fully saturated rings. The third-order valence-corrected chi connectivity index (χ3v) is 7.01. The van der Waals surface area contributed by atoms with E-state index in [0.717, 1.165) is 23.6 Å². The Balaban J connectivity index is 2.21. The zero-order chi connectivity index (χ0) is 25.1. The fraction of sp³-hybridized carbons (Fsp3) is 0.636. The number of ether oxygens (including phenoxy) is 3. The molecule has 10 nitrogen and oxygen atoms in total. The van der Waals surface area contributed by atoms with Gasteiger partial charge in [-0.1, -0.05) is 26.6 Å². The van der Waals surface area contributed by atoms with Gasteiger partial charge < -0.3 is 30.0 Å². The number of nitrogens with zero attached hydrogens (tertiary/aromatic N) is 5. The highest BCUT2D eigenvalue weighted by molar-refractivity contribution is 6.76. The molecular formula is C22H37ClN6O4Si. The summed E-state index contributed by atoms with van der Waals surface area (Å²) in [7, 11) is -1.20. The molecule has 34 heavy (non-hydrogen) atoms. The Kier molecular flexibility index (Phi) is 11.4. The molecule has 1 atom stereocenters. The minimum Gasteiger partial charge on any atom is -0.474 e. The van der Waals surface area contributed by atoms with Crippen molar-refractivity contribution in [1.29, 1.82) is 0 Å². The fourth-order valence-corrected chi connectivity index (χ4v) is 4.02. The van der Waals surface area contributed by atoms with Gasteiger partial charge in [0.25, 0.3) is 0 Å². The smallest absolute Gasteiger partial charge is 0.233 e. The number of hydrogen-bond acceptors (Lipinski definition) is 10. The molecule has 0 saturated heterocycles. The molecule has 2 rings (SSSR count). The summed E-state index contributed by atoms with van der Waals surface area (Å²) in [6.07, 6.45) is 2.40. The third-order valence-electron chi connectivity index (χ3n) is 5.14. The molecular weight excluding hydrogens is 476 g/mol. The molecule has 0 aliphatic rings. The van der Waals surface area contributed by atoms with Gasteiger partial charge in [-0.15, -0.1) is 5.10 Å². The van der Waals surface area contributed by atoms with Crippen molar-refractivity contribution in [3.05, 3.63) is 28.7 Å². The summed E-state index contributed by atoms with van der Waals surface area (Å²) < 4.78 is 17.3. The predicted octanol–water partition coefficient (Wildman–Crippen LogP) is 3.03. The van der Waals surface area contributed by atoms with E-state index in [1.54, 1.807) is 12.3 Å². The first-order valence-electron chi connectivity index (χ1n) is 11.4. The lowest BCUT2D eigenvalue weighted by molar-refractivity contribution is 0.139. The largest absolute Gasteiger partial charge is 0.474 e. The molecule has 1 unspecified atom stereocenters. The highest BCUT2D eigenvalue weighted by atomic mass is 35.5. The van der Waals surface area contributed by atoms with Gasteiger partial charge in [-0.05, 0) is 31.0 Å². The summed E-state index contributed by atoms with van der Waals surface area (Å²) in [5.41, 5.74) is 7.54. The zero-order valence-corrected chi connectivity index (χ0v) is 22.5. The lowest BCUT2D eigenvalue weighted by atomic mass is 10.2. The van der Waals surface area contributed by atoms with Gasteiger partial charge in [0.2, 0.25) is 17.0 Å². The van der Waals surface area contributed by atoms with Crippen molar-refractivity contribution in [1.82, 2.24) is 20.2 Å². The lowest BCUT2D eigenvalue weighted by Gasteiger charge is -2.32. The van der Waals surface area contributed by atoms with Gasteiger partial charge in [0.1, 0.15) is 25.8 Å². The molecule has 0 saturated carbocycles. The molecule has 0 aliphatic carbocycles. The van der Waals surface area contributed by atoms with Crippen molar-refractivity contribution in [2.24, 2.45) is 5.73 Å². The van der Waals surface area contributed by atoms with Crippen LogP contribution in [0.5, 0.6) is 11.8 Å². The first kappa shape index (κ1) is 28.2. The molecule has 3 N–H and O–H groups in total. The second-order valence-corrected chi connectivity index (χ2v) is 15.1. The molecule has 0 radical (unpaired) electrons. The summed E-state index contributed by atoms with van der Waals surface area (Å²) in [5, 5.41) is 16.8. The van der Waals surface area contributed by atoms with E-state index in [2.05, 4.69) is 46.7 Å². The van der Waals surface area contributed by atoms with Crippen LogP contribution in [0.15, 0.2) is 12.3 Å². The zero-order valence-electron chi connectivity index (χ0n) is 20.8. The van der Waals surface area contributed by atoms with E-state index in [1.165, 1.54) is 0 Å². The van der Waals surface area contributed by atoms with Crippen molar-refractivity contribution in [2.75, 3.05) is 38.0 Å². The number of halogens is 1. The van der Waals surface area contributed by atoms with Gasteiger partial charge in [0.05, 0.1) is 18.4 Å². The van der Waals surface area contributed by atoms with Crippen LogP contribution in [0.1, 0.15) is 24.5 Å². The Labute approximate surface area is 207 Å². The third kappa shape index (κ3) is 8.95. The molecule has 0 aliphatic heterocycles. The van der Waals surface area contributed by atoms with Crippen LogP contribution in [0.3, 0.4) is 0 Å². The van der Waals surface area contributed by atoms with E-state index in [-0.39, 0.29) is 31.1 Å². The van der Waals surface area contributed by atoms with Crippen molar-refractivity contribution < 1.29 is 19.3 Å². The average molecular weight is 513 g/mol. The Bertz CT molecular complexity index is 898. The van der Waals surface area contributed by atoms with Gasteiger partial charge in [-0.2, -0.15) is 10.1 Å². The SMILES string of the molecule is CCC(CN)N(COCC[Si](C)(C)C)c1nc(Cl)nc(OCc2cnnc(OCCO)c2)c1C. The van der Waals surface area contributed by atoms with Crippen LogP contribution >= 0.6 is 11.6 Å². The Morgan fingerprint density at radius 1 is 1.21 bits per heavy atom. The second-order valence-electron chi connectivity index (χ2n) is 9.12. The summed E-state index contributed by atoms with van der Waals surface area (Å²) in [6, 6.07) is 2.80. The first-order chi connectivity index (χ1) is 16.2. The maximum absolute atomic E-state index is 8.91. The summed E-state index contributed by atoms with van der Waals surface area (Å²) in [6.45, 7) is 12.6. The summed E-state index contributed by atoms with van der Waals surface area (Å²) in [5.74, 6) is 1.31. The first-order valence-corrected chi connectivity index (χ1v) is 15.5. The molecule has 190 valence electrons. The average Bonchev–Trinajstić information content (AvgIpc) is 2.80. The van der Waals surface area contributed by atoms with Crippen molar-refractivity contribution >= 4 is 25.5 Å². The Morgan fingerprint density at radius 2 is 1.97 bits per heavy atom.